The van der Waals surface area contributed by atoms with Crippen LogP contribution in [0.3, 0.4) is 0 Å². The van der Waals surface area contributed by atoms with Gasteiger partial charge in [-0.1, -0.05) is 6.92 Å². The van der Waals surface area contributed by atoms with Crippen LogP contribution in [0.25, 0.3) is 0 Å². The maximum absolute atomic E-state index is 12.1. The first kappa shape index (κ1) is 18.9. The Morgan fingerprint density at radius 3 is 2.78 bits per heavy atom. The van der Waals surface area contributed by atoms with E-state index in [0.717, 1.165) is 18.1 Å². The average molecular weight is 373 g/mol. The average Bonchev–Trinajstić information content (AvgIpc) is 3.15. The molecule has 3 N–H and O–H groups in total. The molecule has 3 heterocycles. The predicted molar refractivity (Wildman–Crippen MR) is 103 cm³/mol. The van der Waals surface area contributed by atoms with E-state index in [4.69, 9.17) is 4.74 Å². The number of anilines is 3. The van der Waals surface area contributed by atoms with E-state index in [1.165, 1.54) is 0 Å². The summed E-state index contributed by atoms with van der Waals surface area (Å²) in [5.74, 6) is 2.35. The van der Waals surface area contributed by atoms with Crippen molar-refractivity contribution in [3.05, 3.63) is 24.0 Å². The number of alkyl carbamates (subject to hydrolysis) is 1. The molecule has 0 bridgehead atoms. The molecule has 2 atom stereocenters. The fourth-order valence-electron chi connectivity index (χ4n) is 3.00. The molecule has 9 heteroatoms. The number of amides is 1. The maximum atomic E-state index is 12.1. The number of rotatable bonds is 4. The molecular weight excluding hydrogens is 346 g/mol. The minimum absolute atomic E-state index is 0.0204. The first-order chi connectivity index (χ1) is 12.7. The van der Waals surface area contributed by atoms with Gasteiger partial charge in [-0.2, -0.15) is 10.1 Å². The van der Waals surface area contributed by atoms with Gasteiger partial charge in [-0.15, -0.1) is 0 Å². The standard InChI is InChI=1S/C18H27N7O2/c1-11-9-25(10-13(11)21-17(26)27-18(3,4)5)16-20-12(2)8-15(23-16)22-14-6-7-19-24-14/h6-8,11,13H,9-10H2,1-5H3,(H,21,26)(H2,19,20,22,23,24)/t11-,13-/m1/s1. The number of hydrogen-bond donors (Lipinski definition) is 3. The van der Waals surface area contributed by atoms with Crippen molar-refractivity contribution in [3.8, 4) is 0 Å². The molecule has 1 saturated heterocycles. The van der Waals surface area contributed by atoms with Crippen LogP contribution in [0.15, 0.2) is 18.3 Å². The van der Waals surface area contributed by atoms with E-state index in [0.29, 0.717) is 18.3 Å². The molecule has 0 aromatic carbocycles. The van der Waals surface area contributed by atoms with E-state index in [2.05, 4.69) is 42.6 Å². The summed E-state index contributed by atoms with van der Waals surface area (Å²) in [6, 6.07) is 3.68. The topological polar surface area (TPSA) is 108 Å². The second-order valence-corrected chi connectivity index (χ2v) is 7.92. The van der Waals surface area contributed by atoms with Crippen LogP contribution < -0.4 is 15.5 Å². The van der Waals surface area contributed by atoms with E-state index < -0.39 is 11.7 Å². The van der Waals surface area contributed by atoms with Crippen molar-refractivity contribution in [2.24, 2.45) is 5.92 Å². The van der Waals surface area contributed by atoms with Gasteiger partial charge < -0.3 is 20.3 Å². The molecule has 0 spiro atoms. The first-order valence-corrected chi connectivity index (χ1v) is 9.06. The van der Waals surface area contributed by atoms with Gasteiger partial charge in [-0.05, 0) is 33.6 Å². The van der Waals surface area contributed by atoms with Gasteiger partial charge >= 0.3 is 6.09 Å². The molecule has 0 saturated carbocycles. The zero-order valence-corrected chi connectivity index (χ0v) is 16.4. The number of H-pyrrole nitrogens is 1. The number of aromatic nitrogens is 4. The lowest BCUT2D eigenvalue weighted by Crippen LogP contribution is -2.42. The number of carbonyl (C=O) groups is 1. The molecule has 1 aliphatic heterocycles. The van der Waals surface area contributed by atoms with E-state index in [-0.39, 0.29) is 12.0 Å². The molecule has 146 valence electrons. The fourth-order valence-corrected chi connectivity index (χ4v) is 3.00. The third kappa shape index (κ3) is 5.08. The third-order valence-corrected chi connectivity index (χ3v) is 4.20. The Morgan fingerprint density at radius 1 is 1.33 bits per heavy atom. The van der Waals surface area contributed by atoms with Crippen molar-refractivity contribution >= 4 is 23.7 Å². The van der Waals surface area contributed by atoms with Crippen LogP contribution in [0.5, 0.6) is 0 Å². The minimum Gasteiger partial charge on any atom is -0.444 e. The Morgan fingerprint density at radius 2 is 2.11 bits per heavy atom. The Kier molecular flexibility index (Phi) is 5.20. The summed E-state index contributed by atoms with van der Waals surface area (Å²) in [6.45, 7) is 11.0. The highest BCUT2D eigenvalue weighted by molar-refractivity contribution is 5.68. The highest BCUT2D eigenvalue weighted by Crippen LogP contribution is 2.24. The number of aromatic amines is 1. The summed E-state index contributed by atoms with van der Waals surface area (Å²) < 4.78 is 5.37. The summed E-state index contributed by atoms with van der Waals surface area (Å²) in [7, 11) is 0. The van der Waals surface area contributed by atoms with Crippen molar-refractivity contribution in [2.45, 2.75) is 46.3 Å². The summed E-state index contributed by atoms with van der Waals surface area (Å²) in [4.78, 5) is 23.3. The lowest BCUT2D eigenvalue weighted by atomic mass is 10.1. The van der Waals surface area contributed by atoms with Gasteiger partial charge in [0.15, 0.2) is 0 Å². The Bertz CT molecular complexity index is 786. The quantitative estimate of drug-likeness (QED) is 0.756. The van der Waals surface area contributed by atoms with Crippen LogP contribution in [0.4, 0.5) is 22.4 Å². The van der Waals surface area contributed by atoms with Gasteiger partial charge in [-0.25, -0.2) is 9.78 Å². The molecule has 0 radical (unpaired) electrons. The zero-order chi connectivity index (χ0) is 19.6. The molecule has 0 aliphatic carbocycles. The second-order valence-electron chi connectivity index (χ2n) is 7.92. The van der Waals surface area contributed by atoms with Gasteiger partial charge in [0, 0.05) is 30.9 Å². The molecule has 1 aliphatic rings. The van der Waals surface area contributed by atoms with Crippen LogP contribution in [0, 0.1) is 12.8 Å². The van der Waals surface area contributed by atoms with Gasteiger partial charge in [0.05, 0.1) is 12.2 Å². The second kappa shape index (κ2) is 7.42. The highest BCUT2D eigenvalue weighted by atomic mass is 16.6. The molecule has 2 aromatic heterocycles. The van der Waals surface area contributed by atoms with E-state index in [1.807, 2.05) is 39.8 Å². The Labute approximate surface area is 158 Å². The molecule has 2 aromatic rings. The fraction of sp³-hybridized carbons (Fsp3) is 0.556. The maximum Gasteiger partial charge on any atom is 0.407 e. The van der Waals surface area contributed by atoms with E-state index >= 15 is 0 Å². The lowest BCUT2D eigenvalue weighted by molar-refractivity contribution is 0.0499. The SMILES string of the molecule is Cc1cc(Nc2ccn[nH]2)nc(N2C[C@@H](C)[C@H](NC(=O)OC(C)(C)C)C2)n1. The number of ether oxygens (including phenoxy) is 1. The summed E-state index contributed by atoms with van der Waals surface area (Å²) >= 11 is 0. The monoisotopic (exact) mass is 373 g/mol. The van der Waals surface area contributed by atoms with Gasteiger partial charge in [-0.3, -0.25) is 5.10 Å². The number of aryl methyl sites for hydroxylation is 1. The van der Waals surface area contributed by atoms with Crippen molar-refractivity contribution in [3.63, 3.8) is 0 Å². The van der Waals surface area contributed by atoms with Crippen LogP contribution in [-0.2, 0) is 4.74 Å². The van der Waals surface area contributed by atoms with Gasteiger partial charge in [0.1, 0.15) is 17.2 Å². The van der Waals surface area contributed by atoms with Gasteiger partial charge in [0.2, 0.25) is 5.95 Å². The number of hydrogen-bond acceptors (Lipinski definition) is 7. The normalized spacial score (nSPS) is 19.8. The molecule has 9 nitrogen and oxygen atoms in total. The third-order valence-electron chi connectivity index (χ3n) is 4.20. The van der Waals surface area contributed by atoms with Crippen LogP contribution in [-0.4, -0.2) is 51.0 Å². The largest absolute Gasteiger partial charge is 0.444 e. The molecule has 0 unspecified atom stereocenters. The summed E-state index contributed by atoms with van der Waals surface area (Å²) in [6.07, 6.45) is 1.28. The van der Waals surface area contributed by atoms with Crippen molar-refractivity contribution < 1.29 is 9.53 Å². The number of carbonyl (C=O) groups excluding carboxylic acids is 1. The number of nitrogens with zero attached hydrogens (tertiary/aromatic N) is 4. The molecule has 27 heavy (non-hydrogen) atoms. The summed E-state index contributed by atoms with van der Waals surface area (Å²) in [5, 5.41) is 12.9. The predicted octanol–water partition coefficient (Wildman–Crippen LogP) is 2.60. The van der Waals surface area contributed by atoms with Gasteiger partial charge in [0.25, 0.3) is 0 Å². The first-order valence-electron chi connectivity index (χ1n) is 9.06. The van der Waals surface area contributed by atoms with Crippen LogP contribution in [0.2, 0.25) is 0 Å². The zero-order valence-electron chi connectivity index (χ0n) is 16.4. The summed E-state index contributed by atoms with van der Waals surface area (Å²) in [5.41, 5.74) is 0.344. The Hall–Kier alpha value is -2.84. The molecule has 3 rings (SSSR count). The van der Waals surface area contributed by atoms with Crippen LogP contribution >= 0.6 is 0 Å². The van der Waals surface area contributed by atoms with Crippen molar-refractivity contribution in [2.75, 3.05) is 23.3 Å². The van der Waals surface area contributed by atoms with Crippen molar-refractivity contribution in [1.29, 1.82) is 0 Å². The smallest absolute Gasteiger partial charge is 0.407 e. The molecular formula is C18H27N7O2. The van der Waals surface area contributed by atoms with Crippen LogP contribution in [0.1, 0.15) is 33.4 Å². The van der Waals surface area contributed by atoms with E-state index in [1.54, 1.807) is 6.20 Å². The van der Waals surface area contributed by atoms with E-state index in [9.17, 15) is 4.79 Å². The molecule has 1 fully saturated rings. The Balaban J connectivity index is 1.68. The highest BCUT2D eigenvalue weighted by Gasteiger charge is 2.33. The molecule has 1 amide bonds. The lowest BCUT2D eigenvalue weighted by Gasteiger charge is -2.23. The van der Waals surface area contributed by atoms with Crippen molar-refractivity contribution in [1.82, 2.24) is 25.5 Å². The number of nitrogens with one attached hydrogen (secondary N) is 3. The minimum atomic E-state index is -0.515.